The highest BCUT2D eigenvalue weighted by Gasteiger charge is 2.39. The molecule has 0 atom stereocenters. The van der Waals surface area contributed by atoms with Crippen molar-refractivity contribution in [3.63, 3.8) is 0 Å². The first-order valence-electron chi connectivity index (χ1n) is 7.85. The molecule has 116 valence electrons. The minimum atomic E-state index is -0.175. The molecule has 2 aliphatic heterocycles. The van der Waals surface area contributed by atoms with Crippen LogP contribution >= 0.6 is 0 Å². The molecule has 3 heterocycles. The summed E-state index contributed by atoms with van der Waals surface area (Å²) in [7, 11) is 0. The first kappa shape index (κ1) is 13.7. The molecule has 2 aromatic rings. The van der Waals surface area contributed by atoms with E-state index in [0.29, 0.717) is 25.5 Å². The van der Waals surface area contributed by atoms with Crippen molar-refractivity contribution >= 4 is 16.9 Å². The van der Waals surface area contributed by atoms with Gasteiger partial charge in [0.25, 0.3) is 5.91 Å². The van der Waals surface area contributed by atoms with Gasteiger partial charge in [-0.25, -0.2) is 4.98 Å². The molecule has 1 aromatic carbocycles. The molecule has 1 aromatic heterocycles. The Bertz CT molecular complexity index is 652. The number of carbonyl (C=O) groups is 1. The fraction of sp³-hybridized carbons (Fsp3) is 0.500. The average Bonchev–Trinajstić information content (AvgIpc) is 2.99. The van der Waals surface area contributed by atoms with Crippen LogP contribution in [-0.2, 0) is 4.74 Å². The Morgan fingerprint density at radius 2 is 2.09 bits per heavy atom. The van der Waals surface area contributed by atoms with Gasteiger partial charge in [0.2, 0.25) is 0 Å². The maximum atomic E-state index is 12.8. The van der Waals surface area contributed by atoms with Crippen LogP contribution in [0.1, 0.15) is 23.5 Å². The standard InChI is InChI=1S/C16H20N4O2/c21-15(14-18-12-3-1-2-4-13(12)19-14)20-9-10-22-16(11-20)5-7-17-8-6-16/h1-4,17H,5-11H2,(H,18,19). The molecule has 0 unspecified atom stereocenters. The topological polar surface area (TPSA) is 70.2 Å². The SMILES string of the molecule is O=C(c1nc2ccccc2[nH]1)N1CCOC2(CCNCC2)C1. The van der Waals surface area contributed by atoms with Gasteiger partial charge in [0, 0.05) is 6.54 Å². The van der Waals surface area contributed by atoms with Crippen molar-refractivity contribution in [3.05, 3.63) is 30.1 Å². The zero-order chi connectivity index (χ0) is 15.0. The number of benzene rings is 1. The molecule has 4 rings (SSSR count). The molecule has 0 radical (unpaired) electrons. The Morgan fingerprint density at radius 1 is 1.27 bits per heavy atom. The lowest BCUT2D eigenvalue weighted by Crippen LogP contribution is -2.57. The van der Waals surface area contributed by atoms with Gasteiger partial charge < -0.3 is 19.9 Å². The average molecular weight is 300 g/mol. The molecular formula is C16H20N4O2. The van der Waals surface area contributed by atoms with E-state index in [0.717, 1.165) is 37.0 Å². The second-order valence-corrected chi connectivity index (χ2v) is 6.11. The molecule has 2 aliphatic rings. The second kappa shape index (κ2) is 5.37. The lowest BCUT2D eigenvalue weighted by molar-refractivity contribution is -0.114. The summed E-state index contributed by atoms with van der Waals surface area (Å²) in [4.78, 5) is 22.2. The van der Waals surface area contributed by atoms with E-state index in [1.54, 1.807) is 0 Å². The number of nitrogens with zero attached hydrogens (tertiary/aromatic N) is 2. The number of nitrogens with one attached hydrogen (secondary N) is 2. The van der Waals surface area contributed by atoms with Gasteiger partial charge in [-0.15, -0.1) is 0 Å². The fourth-order valence-electron chi connectivity index (χ4n) is 3.41. The van der Waals surface area contributed by atoms with Crippen LogP contribution in [0.25, 0.3) is 11.0 Å². The smallest absolute Gasteiger partial charge is 0.289 e. The van der Waals surface area contributed by atoms with Crippen molar-refractivity contribution in [3.8, 4) is 0 Å². The lowest BCUT2D eigenvalue weighted by Gasteiger charge is -2.44. The predicted molar refractivity (Wildman–Crippen MR) is 82.8 cm³/mol. The summed E-state index contributed by atoms with van der Waals surface area (Å²) in [6.45, 7) is 3.79. The van der Waals surface area contributed by atoms with E-state index >= 15 is 0 Å². The van der Waals surface area contributed by atoms with Gasteiger partial charge in [0.05, 0.1) is 29.8 Å². The first-order valence-corrected chi connectivity index (χ1v) is 7.85. The van der Waals surface area contributed by atoms with Crippen molar-refractivity contribution in [2.75, 3.05) is 32.8 Å². The van der Waals surface area contributed by atoms with Gasteiger partial charge in [-0.1, -0.05) is 12.1 Å². The summed E-state index contributed by atoms with van der Waals surface area (Å²) in [6.07, 6.45) is 1.91. The molecule has 0 saturated carbocycles. The number of rotatable bonds is 1. The van der Waals surface area contributed by atoms with Crippen LogP contribution in [0.4, 0.5) is 0 Å². The van der Waals surface area contributed by atoms with Crippen LogP contribution < -0.4 is 5.32 Å². The van der Waals surface area contributed by atoms with Crippen molar-refractivity contribution in [2.45, 2.75) is 18.4 Å². The summed E-state index contributed by atoms with van der Waals surface area (Å²) in [6, 6.07) is 7.71. The molecular weight excluding hydrogens is 280 g/mol. The summed E-state index contributed by atoms with van der Waals surface area (Å²) in [5.41, 5.74) is 1.55. The highest BCUT2D eigenvalue weighted by Crippen LogP contribution is 2.28. The fourth-order valence-corrected chi connectivity index (χ4v) is 3.41. The zero-order valence-corrected chi connectivity index (χ0v) is 12.5. The molecule has 2 N–H and O–H groups in total. The van der Waals surface area contributed by atoms with E-state index in [1.807, 2.05) is 29.2 Å². The number of H-pyrrole nitrogens is 1. The molecule has 2 saturated heterocycles. The van der Waals surface area contributed by atoms with E-state index in [9.17, 15) is 4.79 Å². The van der Waals surface area contributed by atoms with E-state index in [1.165, 1.54) is 0 Å². The number of fused-ring (bicyclic) bond motifs is 1. The number of imidazole rings is 1. The van der Waals surface area contributed by atoms with Crippen LogP contribution in [0.15, 0.2) is 24.3 Å². The number of amides is 1. The number of hydrogen-bond acceptors (Lipinski definition) is 4. The van der Waals surface area contributed by atoms with Crippen LogP contribution in [-0.4, -0.2) is 59.2 Å². The monoisotopic (exact) mass is 300 g/mol. The maximum Gasteiger partial charge on any atom is 0.289 e. The van der Waals surface area contributed by atoms with Gasteiger partial charge in [0.1, 0.15) is 0 Å². The summed E-state index contributed by atoms with van der Waals surface area (Å²) < 4.78 is 6.02. The Balaban J connectivity index is 1.56. The Kier molecular flexibility index (Phi) is 3.35. The van der Waals surface area contributed by atoms with Crippen LogP contribution in [0.5, 0.6) is 0 Å². The minimum Gasteiger partial charge on any atom is -0.371 e. The molecule has 6 nitrogen and oxygen atoms in total. The van der Waals surface area contributed by atoms with Gasteiger partial charge in [-0.2, -0.15) is 0 Å². The summed E-state index contributed by atoms with van der Waals surface area (Å²) in [5, 5.41) is 3.35. The molecule has 2 fully saturated rings. The normalized spacial score (nSPS) is 21.4. The highest BCUT2D eigenvalue weighted by molar-refractivity contribution is 5.94. The van der Waals surface area contributed by atoms with Crippen molar-refractivity contribution < 1.29 is 9.53 Å². The van der Waals surface area contributed by atoms with Crippen LogP contribution in [0.3, 0.4) is 0 Å². The molecule has 0 aliphatic carbocycles. The third-order valence-corrected chi connectivity index (χ3v) is 4.64. The molecule has 22 heavy (non-hydrogen) atoms. The molecule has 1 spiro atoms. The third kappa shape index (κ3) is 2.38. The number of carbonyl (C=O) groups excluding carboxylic acids is 1. The van der Waals surface area contributed by atoms with Gasteiger partial charge in [-0.3, -0.25) is 4.79 Å². The first-order chi connectivity index (χ1) is 10.8. The van der Waals surface area contributed by atoms with Gasteiger partial charge in [0.15, 0.2) is 5.82 Å². The molecule has 6 heteroatoms. The highest BCUT2D eigenvalue weighted by atomic mass is 16.5. The minimum absolute atomic E-state index is 0.0302. The molecule has 1 amide bonds. The predicted octanol–water partition coefficient (Wildman–Crippen LogP) is 1.16. The van der Waals surface area contributed by atoms with Crippen LogP contribution in [0, 0.1) is 0 Å². The number of para-hydroxylation sites is 2. The Hall–Kier alpha value is -1.92. The van der Waals surface area contributed by atoms with E-state index in [2.05, 4.69) is 15.3 Å². The number of ether oxygens (including phenoxy) is 1. The Labute approximate surface area is 128 Å². The van der Waals surface area contributed by atoms with Crippen molar-refractivity contribution in [2.24, 2.45) is 0 Å². The Morgan fingerprint density at radius 3 is 2.91 bits per heavy atom. The van der Waals surface area contributed by atoms with Gasteiger partial charge in [-0.05, 0) is 38.1 Å². The summed E-state index contributed by atoms with van der Waals surface area (Å²) in [5.74, 6) is 0.393. The number of aromatic amines is 1. The van der Waals surface area contributed by atoms with E-state index < -0.39 is 0 Å². The van der Waals surface area contributed by atoms with Crippen molar-refractivity contribution in [1.29, 1.82) is 0 Å². The number of morpholine rings is 1. The largest absolute Gasteiger partial charge is 0.371 e. The number of hydrogen-bond donors (Lipinski definition) is 2. The number of piperidine rings is 1. The van der Waals surface area contributed by atoms with Crippen molar-refractivity contribution in [1.82, 2.24) is 20.2 Å². The summed E-state index contributed by atoms with van der Waals surface area (Å²) >= 11 is 0. The molecule has 0 bridgehead atoms. The van der Waals surface area contributed by atoms with E-state index in [-0.39, 0.29) is 11.5 Å². The quantitative estimate of drug-likeness (QED) is 0.829. The number of aromatic nitrogens is 2. The maximum absolute atomic E-state index is 12.8. The second-order valence-electron chi connectivity index (χ2n) is 6.11. The van der Waals surface area contributed by atoms with Crippen LogP contribution in [0.2, 0.25) is 0 Å². The van der Waals surface area contributed by atoms with Gasteiger partial charge >= 0.3 is 0 Å². The lowest BCUT2D eigenvalue weighted by atomic mass is 9.90. The van der Waals surface area contributed by atoms with E-state index in [4.69, 9.17) is 4.74 Å². The third-order valence-electron chi connectivity index (χ3n) is 4.64. The zero-order valence-electron chi connectivity index (χ0n) is 12.5.